The van der Waals surface area contributed by atoms with Crippen molar-refractivity contribution < 1.29 is 22.3 Å². The number of oxazole rings is 1. The van der Waals surface area contributed by atoms with E-state index in [1.807, 2.05) is 6.07 Å². The van der Waals surface area contributed by atoms with Gasteiger partial charge in [0.25, 0.3) is 0 Å². The highest BCUT2D eigenvalue weighted by molar-refractivity contribution is 7.80. The first-order valence-electron chi connectivity index (χ1n) is 8.62. The van der Waals surface area contributed by atoms with Gasteiger partial charge in [-0.05, 0) is 48.6 Å². The number of para-hydroxylation sites is 1. The Hall–Kier alpha value is -3.66. The van der Waals surface area contributed by atoms with Gasteiger partial charge in [0.15, 0.2) is 16.3 Å². The Morgan fingerprint density at radius 1 is 1.00 bits per heavy atom. The third kappa shape index (κ3) is 4.66. The first-order valence-corrected chi connectivity index (χ1v) is 9.03. The molecule has 152 valence electrons. The molecule has 0 atom stereocenters. The molecule has 6 nitrogen and oxygen atoms in total. The molecule has 0 aliphatic rings. The van der Waals surface area contributed by atoms with Gasteiger partial charge in [-0.2, -0.15) is 4.98 Å². The predicted molar refractivity (Wildman–Crippen MR) is 110 cm³/mol. The van der Waals surface area contributed by atoms with Gasteiger partial charge in [0.1, 0.15) is 5.75 Å². The second-order valence-electron chi connectivity index (χ2n) is 6.04. The van der Waals surface area contributed by atoms with Crippen molar-refractivity contribution >= 4 is 39.9 Å². The zero-order valence-electron chi connectivity index (χ0n) is 15.1. The molecule has 4 rings (SSSR count). The summed E-state index contributed by atoms with van der Waals surface area (Å²) in [5.74, 6) is 0.00449. The van der Waals surface area contributed by atoms with Crippen LogP contribution in [0.3, 0.4) is 0 Å². The van der Waals surface area contributed by atoms with Gasteiger partial charge in [-0.15, -0.1) is 13.2 Å². The Labute approximate surface area is 173 Å². The van der Waals surface area contributed by atoms with Gasteiger partial charge in [-0.3, -0.25) is 0 Å². The highest BCUT2D eigenvalue weighted by atomic mass is 32.1. The number of aromatic nitrogens is 2. The van der Waals surface area contributed by atoms with Crippen molar-refractivity contribution in [2.75, 3.05) is 10.6 Å². The lowest BCUT2D eigenvalue weighted by atomic mass is 10.2. The molecule has 0 bridgehead atoms. The summed E-state index contributed by atoms with van der Waals surface area (Å²) in [6, 6.07) is 16.1. The van der Waals surface area contributed by atoms with E-state index in [9.17, 15) is 13.2 Å². The Balaban J connectivity index is 1.53. The molecule has 2 heterocycles. The van der Waals surface area contributed by atoms with Crippen LogP contribution in [0.25, 0.3) is 22.7 Å². The molecule has 0 spiro atoms. The van der Waals surface area contributed by atoms with Crippen LogP contribution in [-0.2, 0) is 0 Å². The summed E-state index contributed by atoms with van der Waals surface area (Å²) in [5.41, 5.74) is 2.60. The van der Waals surface area contributed by atoms with Gasteiger partial charge in [-0.25, -0.2) is 4.98 Å². The van der Waals surface area contributed by atoms with E-state index in [0.717, 1.165) is 0 Å². The number of nitrogens with zero attached hydrogens (tertiary/aromatic N) is 2. The maximum absolute atomic E-state index is 12.4. The Morgan fingerprint density at radius 2 is 1.83 bits per heavy atom. The summed E-state index contributed by atoms with van der Waals surface area (Å²) < 4.78 is 46.9. The smallest absolute Gasteiger partial charge is 0.434 e. The molecule has 10 heteroatoms. The molecule has 2 aromatic heterocycles. The average molecular weight is 430 g/mol. The second kappa shape index (κ2) is 7.99. The monoisotopic (exact) mass is 430 g/mol. The van der Waals surface area contributed by atoms with E-state index < -0.39 is 6.36 Å². The molecule has 2 aromatic carbocycles. The van der Waals surface area contributed by atoms with Crippen molar-refractivity contribution in [3.8, 4) is 17.2 Å². The van der Waals surface area contributed by atoms with Crippen LogP contribution in [0.4, 0.5) is 24.5 Å². The average Bonchev–Trinajstić information content (AvgIpc) is 3.11. The number of nitrogens with one attached hydrogen (secondary N) is 2. The first kappa shape index (κ1) is 19.6. The number of pyridine rings is 1. The fourth-order valence-electron chi connectivity index (χ4n) is 2.72. The minimum absolute atomic E-state index is 0.167. The largest absolute Gasteiger partial charge is 0.573 e. The summed E-state index contributed by atoms with van der Waals surface area (Å²) in [7, 11) is 0. The molecule has 2 N–H and O–H groups in total. The second-order valence-corrected chi connectivity index (χ2v) is 6.45. The van der Waals surface area contributed by atoms with E-state index >= 15 is 0 Å². The maximum Gasteiger partial charge on any atom is 0.573 e. The van der Waals surface area contributed by atoms with Gasteiger partial charge in [-0.1, -0.05) is 18.2 Å². The number of halogens is 3. The van der Waals surface area contributed by atoms with Gasteiger partial charge in [0.05, 0.1) is 11.3 Å². The summed E-state index contributed by atoms with van der Waals surface area (Å²) in [6.45, 7) is 0. The molecule has 0 saturated heterocycles. The number of anilines is 2. The summed E-state index contributed by atoms with van der Waals surface area (Å²) >= 11 is 5.30. The number of benzene rings is 2. The van der Waals surface area contributed by atoms with E-state index in [4.69, 9.17) is 16.6 Å². The quantitative estimate of drug-likeness (QED) is 0.409. The Morgan fingerprint density at radius 3 is 2.63 bits per heavy atom. The molecule has 0 aliphatic heterocycles. The van der Waals surface area contributed by atoms with Crippen LogP contribution in [0.2, 0.25) is 0 Å². The van der Waals surface area contributed by atoms with Crippen LogP contribution in [0.15, 0.2) is 71.3 Å². The Bertz CT molecular complexity index is 1180. The lowest BCUT2D eigenvalue weighted by Crippen LogP contribution is -2.20. The van der Waals surface area contributed by atoms with Crippen LogP contribution in [0.1, 0.15) is 0 Å². The fraction of sp³-hybridized carbons (Fsp3) is 0.0500. The summed E-state index contributed by atoms with van der Waals surface area (Å²) in [6.07, 6.45) is -3.15. The van der Waals surface area contributed by atoms with Crippen molar-refractivity contribution in [1.29, 1.82) is 0 Å². The standard InChI is InChI=1S/C20H13F3N4O2S/c21-20(22,23)29-13-6-3-5-12(11-13)25-19(30)26-15-8-2-1-7-14(15)18-27-17-16(28-18)9-4-10-24-17/h1-11H,(H2,25,26,30). The van der Waals surface area contributed by atoms with E-state index in [1.54, 1.807) is 42.6 Å². The lowest BCUT2D eigenvalue weighted by Gasteiger charge is -2.14. The van der Waals surface area contributed by atoms with Gasteiger partial charge < -0.3 is 19.8 Å². The third-order valence-electron chi connectivity index (χ3n) is 3.90. The minimum atomic E-state index is -4.77. The zero-order valence-corrected chi connectivity index (χ0v) is 15.9. The molecular weight excluding hydrogens is 417 g/mol. The summed E-state index contributed by atoms with van der Waals surface area (Å²) in [4.78, 5) is 8.53. The van der Waals surface area contributed by atoms with Crippen LogP contribution < -0.4 is 15.4 Å². The molecule has 0 fully saturated rings. The third-order valence-corrected chi connectivity index (χ3v) is 4.10. The number of alkyl halides is 3. The van der Waals surface area contributed by atoms with Gasteiger partial charge in [0, 0.05) is 18.0 Å². The number of hydrogen-bond donors (Lipinski definition) is 2. The van der Waals surface area contributed by atoms with E-state index in [2.05, 4.69) is 25.3 Å². The van der Waals surface area contributed by atoms with Crippen molar-refractivity contribution in [3.63, 3.8) is 0 Å². The summed E-state index contributed by atoms with van der Waals surface area (Å²) in [5, 5.41) is 6.01. The maximum atomic E-state index is 12.4. The van der Waals surface area contributed by atoms with E-state index in [0.29, 0.717) is 34.1 Å². The molecule has 0 saturated carbocycles. The molecular formula is C20H13F3N4O2S. The van der Waals surface area contributed by atoms with Crippen molar-refractivity contribution in [3.05, 3.63) is 66.9 Å². The molecule has 0 unspecified atom stereocenters. The van der Waals surface area contributed by atoms with Gasteiger partial charge in [0.2, 0.25) is 5.89 Å². The van der Waals surface area contributed by atoms with Gasteiger partial charge >= 0.3 is 6.36 Å². The predicted octanol–water partition coefficient (Wildman–Crippen LogP) is 5.60. The SMILES string of the molecule is FC(F)(F)Oc1cccc(NC(=S)Nc2ccccc2-c2nc3ncccc3o2)c1. The highest BCUT2D eigenvalue weighted by Crippen LogP contribution is 2.30. The van der Waals surface area contributed by atoms with Crippen molar-refractivity contribution in [2.45, 2.75) is 6.36 Å². The van der Waals surface area contributed by atoms with Crippen molar-refractivity contribution in [2.24, 2.45) is 0 Å². The molecule has 0 radical (unpaired) electrons. The van der Waals surface area contributed by atoms with Crippen molar-refractivity contribution in [1.82, 2.24) is 9.97 Å². The number of rotatable bonds is 4. The zero-order chi connectivity index (χ0) is 21.1. The minimum Gasteiger partial charge on any atom is -0.434 e. The number of ether oxygens (including phenoxy) is 1. The van der Waals surface area contributed by atoms with E-state index in [1.165, 1.54) is 18.2 Å². The molecule has 0 amide bonds. The molecule has 4 aromatic rings. The fourth-order valence-corrected chi connectivity index (χ4v) is 2.95. The highest BCUT2D eigenvalue weighted by Gasteiger charge is 2.31. The normalized spacial score (nSPS) is 11.3. The molecule has 30 heavy (non-hydrogen) atoms. The number of thiocarbonyl (C=S) groups is 1. The topological polar surface area (TPSA) is 72.2 Å². The van der Waals surface area contributed by atoms with Crippen LogP contribution >= 0.6 is 12.2 Å². The van der Waals surface area contributed by atoms with E-state index in [-0.39, 0.29) is 10.9 Å². The van der Waals surface area contributed by atoms with Crippen LogP contribution in [-0.4, -0.2) is 21.4 Å². The lowest BCUT2D eigenvalue weighted by molar-refractivity contribution is -0.274. The number of hydrogen-bond acceptors (Lipinski definition) is 5. The number of fused-ring (bicyclic) bond motifs is 1. The van der Waals surface area contributed by atoms with Crippen LogP contribution in [0.5, 0.6) is 5.75 Å². The van der Waals surface area contributed by atoms with Crippen LogP contribution in [0, 0.1) is 0 Å². The molecule has 0 aliphatic carbocycles. The Kier molecular flexibility index (Phi) is 5.23. The first-order chi connectivity index (χ1) is 14.4.